The van der Waals surface area contributed by atoms with Gasteiger partial charge in [-0.1, -0.05) is 24.3 Å². The van der Waals surface area contributed by atoms with Gasteiger partial charge in [-0.2, -0.15) is 0 Å². The summed E-state index contributed by atoms with van der Waals surface area (Å²) < 4.78 is 14.2. The maximum atomic E-state index is 13.0. The molecule has 9 heteroatoms. The van der Waals surface area contributed by atoms with Crippen LogP contribution in [-0.2, 0) is 18.4 Å². The van der Waals surface area contributed by atoms with Gasteiger partial charge in [-0.05, 0) is 36.8 Å². The largest absolute Gasteiger partial charge is 0.454 e. The Balaban J connectivity index is 1.16. The number of aromatic nitrogens is 2. The van der Waals surface area contributed by atoms with Crippen molar-refractivity contribution in [3.63, 3.8) is 0 Å². The smallest absolute Gasteiger partial charge is 0.295 e. The first-order valence-corrected chi connectivity index (χ1v) is 11.5. The lowest BCUT2D eigenvalue weighted by molar-refractivity contribution is -0.117. The molecule has 0 radical (unpaired) electrons. The van der Waals surface area contributed by atoms with Crippen LogP contribution in [0.15, 0.2) is 53.3 Å². The molecule has 178 valence electrons. The molecule has 0 unspecified atom stereocenters. The molecule has 5 rings (SSSR count). The van der Waals surface area contributed by atoms with Crippen LogP contribution < -0.4 is 20.3 Å². The van der Waals surface area contributed by atoms with Crippen molar-refractivity contribution in [3.05, 3.63) is 70.1 Å². The molecule has 0 saturated carbocycles. The minimum absolute atomic E-state index is 0.171. The number of amides is 1. The van der Waals surface area contributed by atoms with E-state index in [0.717, 1.165) is 55.6 Å². The zero-order chi connectivity index (χ0) is 23.7. The normalized spacial score (nSPS) is 16.1. The summed E-state index contributed by atoms with van der Waals surface area (Å²) in [5, 5.41) is 2.86. The average molecular weight is 464 g/mol. The number of carbonyl (C=O) groups excluding carboxylic acids is 1. The van der Waals surface area contributed by atoms with Crippen LogP contribution in [0.1, 0.15) is 11.3 Å². The Kier molecular flexibility index (Phi) is 6.12. The Bertz CT molecular complexity index is 1240. The van der Waals surface area contributed by atoms with E-state index in [1.807, 2.05) is 56.4 Å². The maximum Gasteiger partial charge on any atom is 0.295 e. The molecule has 0 bridgehead atoms. The minimum Gasteiger partial charge on any atom is -0.454 e. The van der Waals surface area contributed by atoms with Crippen LogP contribution >= 0.6 is 0 Å². The third kappa shape index (κ3) is 4.44. The van der Waals surface area contributed by atoms with Gasteiger partial charge in [0.05, 0.1) is 17.9 Å². The van der Waals surface area contributed by atoms with Gasteiger partial charge < -0.3 is 14.8 Å². The first-order chi connectivity index (χ1) is 16.5. The lowest BCUT2D eigenvalue weighted by Gasteiger charge is -2.34. The number of benzene rings is 2. The van der Waals surface area contributed by atoms with Crippen molar-refractivity contribution in [3.8, 4) is 17.2 Å². The van der Waals surface area contributed by atoms with Gasteiger partial charge in [0.2, 0.25) is 12.7 Å². The molecule has 0 atom stereocenters. The molecule has 2 aliphatic rings. The van der Waals surface area contributed by atoms with Gasteiger partial charge in [0.15, 0.2) is 11.5 Å². The van der Waals surface area contributed by atoms with E-state index in [-0.39, 0.29) is 24.8 Å². The van der Waals surface area contributed by atoms with Crippen molar-refractivity contribution in [1.29, 1.82) is 0 Å². The molecule has 9 nitrogen and oxygen atoms in total. The Morgan fingerprint density at radius 3 is 2.44 bits per heavy atom. The predicted octanol–water partition coefficient (Wildman–Crippen LogP) is 1.97. The lowest BCUT2D eigenvalue weighted by atomic mass is 10.1. The fraction of sp³-hybridized carbons (Fsp3) is 0.360. The summed E-state index contributed by atoms with van der Waals surface area (Å²) in [5.74, 6) is 1.43. The van der Waals surface area contributed by atoms with Crippen LogP contribution in [-0.4, -0.2) is 64.6 Å². The molecule has 2 aliphatic heterocycles. The zero-order valence-electron chi connectivity index (χ0n) is 19.5. The quantitative estimate of drug-likeness (QED) is 0.602. The first-order valence-electron chi connectivity index (χ1n) is 11.5. The van der Waals surface area contributed by atoms with Crippen molar-refractivity contribution < 1.29 is 14.3 Å². The van der Waals surface area contributed by atoms with Crippen molar-refractivity contribution in [2.24, 2.45) is 7.05 Å². The number of piperazine rings is 1. The summed E-state index contributed by atoms with van der Waals surface area (Å²) in [6.07, 6.45) is 0. The van der Waals surface area contributed by atoms with Crippen LogP contribution in [0.25, 0.3) is 5.69 Å². The van der Waals surface area contributed by atoms with Gasteiger partial charge in [-0.25, -0.2) is 4.68 Å². The summed E-state index contributed by atoms with van der Waals surface area (Å²) in [7, 11) is 1.82. The van der Waals surface area contributed by atoms with E-state index in [4.69, 9.17) is 9.47 Å². The number of ether oxygens (including phenoxy) is 2. The highest BCUT2D eigenvalue weighted by molar-refractivity contribution is 5.92. The van der Waals surface area contributed by atoms with E-state index in [2.05, 4.69) is 21.2 Å². The second-order valence-electron chi connectivity index (χ2n) is 8.72. The molecule has 1 fully saturated rings. The number of fused-ring (bicyclic) bond motifs is 1. The SMILES string of the molecule is Cc1c(NC(=O)CN2CCN(Cc3ccc4c(c3)OCO4)CC2)c(=O)n(-c2ccccc2)n1C. The van der Waals surface area contributed by atoms with E-state index in [1.54, 1.807) is 9.36 Å². The molecule has 3 heterocycles. The number of hydrogen-bond donors (Lipinski definition) is 1. The van der Waals surface area contributed by atoms with Gasteiger partial charge in [-0.15, -0.1) is 0 Å². The average Bonchev–Trinajstić information content (AvgIpc) is 3.39. The number of nitrogens with one attached hydrogen (secondary N) is 1. The Morgan fingerprint density at radius 1 is 0.971 bits per heavy atom. The molecule has 3 aromatic rings. The molecular formula is C25H29N5O4. The van der Waals surface area contributed by atoms with Crippen LogP contribution in [0, 0.1) is 6.92 Å². The highest BCUT2D eigenvalue weighted by Gasteiger charge is 2.22. The van der Waals surface area contributed by atoms with Crippen molar-refractivity contribution in [2.75, 3.05) is 44.8 Å². The standard InChI is InChI=1S/C25H29N5O4/c1-18-24(25(32)30(27(18)2)20-6-4-3-5-7-20)26-23(31)16-29-12-10-28(11-13-29)15-19-8-9-21-22(14-19)34-17-33-21/h3-9,14H,10-13,15-17H2,1-2H3,(H,26,31). The molecule has 0 spiro atoms. The highest BCUT2D eigenvalue weighted by atomic mass is 16.7. The number of anilines is 1. The molecular weight excluding hydrogens is 434 g/mol. The summed E-state index contributed by atoms with van der Waals surface area (Å²) >= 11 is 0. The van der Waals surface area contributed by atoms with Gasteiger partial charge in [0.1, 0.15) is 5.69 Å². The number of para-hydroxylation sites is 1. The molecule has 34 heavy (non-hydrogen) atoms. The van der Waals surface area contributed by atoms with E-state index in [9.17, 15) is 9.59 Å². The number of carbonyl (C=O) groups is 1. The summed E-state index contributed by atoms with van der Waals surface area (Å²) in [6.45, 7) is 6.53. The third-order valence-electron chi connectivity index (χ3n) is 6.49. The second-order valence-corrected chi connectivity index (χ2v) is 8.72. The van der Waals surface area contributed by atoms with Crippen molar-refractivity contribution >= 4 is 11.6 Å². The third-order valence-corrected chi connectivity index (χ3v) is 6.49. The minimum atomic E-state index is -0.229. The van der Waals surface area contributed by atoms with Crippen molar-refractivity contribution in [1.82, 2.24) is 19.2 Å². The van der Waals surface area contributed by atoms with Gasteiger partial charge in [0, 0.05) is 39.8 Å². The zero-order valence-corrected chi connectivity index (χ0v) is 19.5. The Labute approximate surface area is 198 Å². The molecule has 1 saturated heterocycles. The van der Waals surface area contributed by atoms with E-state index in [1.165, 1.54) is 5.56 Å². The molecule has 0 aliphatic carbocycles. The number of hydrogen-bond acceptors (Lipinski definition) is 6. The van der Waals surface area contributed by atoms with Crippen LogP contribution in [0.5, 0.6) is 11.5 Å². The highest BCUT2D eigenvalue weighted by Crippen LogP contribution is 2.32. The molecule has 1 aromatic heterocycles. The molecule has 2 aromatic carbocycles. The lowest BCUT2D eigenvalue weighted by Crippen LogP contribution is -2.48. The van der Waals surface area contributed by atoms with Crippen LogP contribution in [0.2, 0.25) is 0 Å². The van der Waals surface area contributed by atoms with E-state index >= 15 is 0 Å². The predicted molar refractivity (Wildman–Crippen MR) is 129 cm³/mol. The topological polar surface area (TPSA) is 81.0 Å². The van der Waals surface area contributed by atoms with Crippen LogP contribution in [0.3, 0.4) is 0 Å². The Hall–Kier alpha value is -3.56. The fourth-order valence-corrected chi connectivity index (χ4v) is 4.50. The first kappa shape index (κ1) is 22.2. The number of rotatable bonds is 6. The summed E-state index contributed by atoms with van der Waals surface area (Å²) in [5.41, 5.74) is 2.77. The number of nitrogens with zero attached hydrogens (tertiary/aromatic N) is 4. The Morgan fingerprint density at radius 2 is 1.68 bits per heavy atom. The van der Waals surface area contributed by atoms with Crippen molar-refractivity contribution in [2.45, 2.75) is 13.5 Å². The van der Waals surface area contributed by atoms with Gasteiger partial charge in [-0.3, -0.25) is 24.1 Å². The van der Waals surface area contributed by atoms with E-state index in [0.29, 0.717) is 5.69 Å². The summed E-state index contributed by atoms with van der Waals surface area (Å²) in [4.78, 5) is 30.3. The second kappa shape index (κ2) is 9.36. The van der Waals surface area contributed by atoms with Gasteiger partial charge in [0.25, 0.3) is 5.56 Å². The monoisotopic (exact) mass is 463 g/mol. The molecule has 1 amide bonds. The fourth-order valence-electron chi connectivity index (χ4n) is 4.50. The molecule has 1 N–H and O–H groups in total. The maximum absolute atomic E-state index is 13.0. The van der Waals surface area contributed by atoms with Crippen LogP contribution in [0.4, 0.5) is 5.69 Å². The van der Waals surface area contributed by atoms with E-state index < -0.39 is 0 Å². The summed E-state index contributed by atoms with van der Waals surface area (Å²) in [6, 6.07) is 15.5. The van der Waals surface area contributed by atoms with Gasteiger partial charge >= 0.3 is 0 Å².